The number of ether oxygens (including phenoxy) is 1. The fourth-order valence-electron chi connectivity index (χ4n) is 1.58. The van der Waals surface area contributed by atoms with Gasteiger partial charge in [0.1, 0.15) is 5.75 Å². The van der Waals surface area contributed by atoms with E-state index in [0.717, 1.165) is 22.2 Å². The van der Waals surface area contributed by atoms with E-state index < -0.39 is 0 Å². The van der Waals surface area contributed by atoms with Crippen LogP contribution in [0, 0.1) is 0 Å². The molecular weight excluding hydrogens is 216 g/mol. The van der Waals surface area contributed by atoms with E-state index in [2.05, 4.69) is 23.1 Å². The number of benzene rings is 2. The fraction of sp³-hybridized carbons (Fsp3) is 0.0833. The minimum absolute atomic E-state index is 0.861. The highest BCUT2D eigenvalue weighted by molar-refractivity contribution is 5.97. The molecule has 0 saturated heterocycles. The summed E-state index contributed by atoms with van der Waals surface area (Å²) in [5.74, 6) is 10.6. The van der Waals surface area contributed by atoms with Crippen molar-refractivity contribution in [3.63, 3.8) is 0 Å². The van der Waals surface area contributed by atoms with Gasteiger partial charge in [-0.1, -0.05) is 24.3 Å². The van der Waals surface area contributed by atoms with E-state index in [1.807, 2.05) is 36.4 Å². The lowest BCUT2D eigenvalue weighted by Crippen LogP contribution is -2.07. The Labute approximate surface area is 100 Å². The van der Waals surface area contributed by atoms with Gasteiger partial charge in [0, 0.05) is 17.5 Å². The Bertz CT molecular complexity index is 456. The average molecular weight is 232 g/mol. The number of anilines is 1. The summed E-state index contributed by atoms with van der Waals surface area (Å²) in [4.78, 5) is 0. The van der Waals surface area contributed by atoms with Gasteiger partial charge in [0.2, 0.25) is 0 Å². The lowest BCUT2D eigenvalue weighted by molar-refractivity contribution is 0.420. The zero-order chi connectivity index (χ0) is 12.7. The standard InChI is InChI=1S/C11H12N2O.CH4N2/c1-14-11-7-6-10(13-12)8-4-2-3-5-9(8)11;1-3-2/h2-7,13H,12H2,1H3;1-2H2. The maximum Gasteiger partial charge on any atom is 0.126 e. The molecule has 0 aliphatic heterocycles. The maximum absolute atomic E-state index is 5.42. The molecule has 0 aromatic heterocycles. The largest absolute Gasteiger partial charge is 0.496 e. The molecule has 0 saturated carbocycles. The van der Waals surface area contributed by atoms with Crippen LogP contribution in [0.25, 0.3) is 10.8 Å². The van der Waals surface area contributed by atoms with Gasteiger partial charge in [-0.25, -0.2) is 0 Å². The normalized spacial score (nSPS) is 9.06. The zero-order valence-corrected chi connectivity index (χ0v) is 9.68. The molecule has 2 rings (SSSR count). The molecule has 17 heavy (non-hydrogen) atoms. The molecule has 0 amide bonds. The Morgan fingerprint density at radius 1 is 1.18 bits per heavy atom. The first kappa shape index (κ1) is 12.8. The number of hydrazine groups is 1. The van der Waals surface area contributed by atoms with Crippen molar-refractivity contribution in [2.24, 2.45) is 16.8 Å². The second-order valence-electron chi connectivity index (χ2n) is 3.19. The number of nitrogens with two attached hydrogens (primary N) is 2. The molecule has 2 aromatic carbocycles. The predicted octanol–water partition coefficient (Wildman–Crippen LogP) is 1.69. The molecule has 0 atom stereocenters. The molecule has 5 heteroatoms. The number of nitrogen functional groups attached to an aromatic ring is 1. The van der Waals surface area contributed by atoms with Crippen LogP contribution in [0.1, 0.15) is 0 Å². The van der Waals surface area contributed by atoms with Crippen LogP contribution in [-0.2, 0) is 0 Å². The van der Waals surface area contributed by atoms with Crippen LogP contribution >= 0.6 is 0 Å². The Balaban J connectivity index is 0.000000437. The second-order valence-corrected chi connectivity index (χ2v) is 3.19. The molecule has 0 spiro atoms. The van der Waals surface area contributed by atoms with Gasteiger partial charge in [-0.05, 0) is 12.1 Å². The van der Waals surface area contributed by atoms with E-state index in [0.29, 0.717) is 0 Å². The number of hydrogen-bond acceptors (Lipinski definition) is 5. The third-order valence-corrected chi connectivity index (χ3v) is 2.26. The van der Waals surface area contributed by atoms with Crippen molar-refractivity contribution < 1.29 is 4.74 Å². The van der Waals surface area contributed by atoms with Crippen molar-refractivity contribution in [2.45, 2.75) is 0 Å². The van der Waals surface area contributed by atoms with Crippen LogP contribution in [0.2, 0.25) is 0 Å². The number of methoxy groups -OCH3 is 1. The minimum atomic E-state index is 0.861. The zero-order valence-electron chi connectivity index (χ0n) is 9.68. The molecule has 0 bridgehead atoms. The topological polar surface area (TPSA) is 85.7 Å². The maximum atomic E-state index is 5.42. The number of nitrogens with zero attached hydrogens (tertiary/aromatic N) is 1. The molecule has 5 nitrogen and oxygen atoms in total. The molecule has 5 N–H and O–H groups in total. The smallest absolute Gasteiger partial charge is 0.126 e. The fourth-order valence-corrected chi connectivity index (χ4v) is 1.58. The first-order chi connectivity index (χ1) is 8.28. The van der Waals surface area contributed by atoms with E-state index in [9.17, 15) is 0 Å². The molecular formula is C12H16N4O. The van der Waals surface area contributed by atoms with Crippen LogP contribution in [0.15, 0.2) is 41.5 Å². The first-order valence-corrected chi connectivity index (χ1v) is 4.96. The summed E-state index contributed by atoms with van der Waals surface area (Å²) in [5.41, 5.74) is 3.57. The summed E-state index contributed by atoms with van der Waals surface area (Å²) in [6, 6.07) is 11.8. The minimum Gasteiger partial charge on any atom is -0.496 e. The third-order valence-electron chi connectivity index (χ3n) is 2.26. The van der Waals surface area contributed by atoms with Crippen LogP contribution in [-0.4, -0.2) is 13.8 Å². The van der Waals surface area contributed by atoms with Gasteiger partial charge >= 0.3 is 0 Å². The highest BCUT2D eigenvalue weighted by atomic mass is 16.5. The summed E-state index contributed by atoms with van der Waals surface area (Å²) in [6.45, 7) is 2.89. The molecule has 0 aliphatic carbocycles. The predicted molar refractivity (Wildman–Crippen MR) is 72.0 cm³/mol. The van der Waals surface area contributed by atoms with Crippen molar-refractivity contribution in [3.05, 3.63) is 36.4 Å². The van der Waals surface area contributed by atoms with E-state index in [-0.39, 0.29) is 0 Å². The van der Waals surface area contributed by atoms with Crippen LogP contribution in [0.3, 0.4) is 0 Å². The summed E-state index contributed by atoms with van der Waals surface area (Å²) in [7, 11) is 1.66. The molecule has 2 aromatic rings. The molecule has 0 aliphatic rings. The SMILES string of the molecule is C=NN.COc1ccc(NN)c2ccccc12. The summed E-state index contributed by atoms with van der Waals surface area (Å²) >= 11 is 0. The molecule has 90 valence electrons. The van der Waals surface area contributed by atoms with Gasteiger partial charge in [0.25, 0.3) is 0 Å². The van der Waals surface area contributed by atoms with E-state index >= 15 is 0 Å². The average Bonchev–Trinajstić information content (AvgIpc) is 2.38. The van der Waals surface area contributed by atoms with Crippen LogP contribution < -0.4 is 21.8 Å². The van der Waals surface area contributed by atoms with Crippen molar-refractivity contribution in [3.8, 4) is 5.75 Å². The number of hydrazone groups is 1. The van der Waals surface area contributed by atoms with Crippen LogP contribution in [0.5, 0.6) is 5.75 Å². The number of nitrogens with one attached hydrogen (secondary N) is 1. The summed E-state index contributed by atoms with van der Waals surface area (Å²) in [6.07, 6.45) is 0. The number of hydrogen-bond donors (Lipinski definition) is 3. The molecule has 0 fully saturated rings. The highest BCUT2D eigenvalue weighted by Crippen LogP contribution is 2.30. The van der Waals surface area contributed by atoms with Gasteiger partial charge in [-0.3, -0.25) is 5.84 Å². The lowest BCUT2D eigenvalue weighted by Gasteiger charge is -2.09. The summed E-state index contributed by atoms with van der Waals surface area (Å²) in [5, 5.41) is 4.87. The third kappa shape index (κ3) is 2.85. The van der Waals surface area contributed by atoms with Gasteiger partial charge < -0.3 is 16.0 Å². The van der Waals surface area contributed by atoms with Crippen LogP contribution in [0.4, 0.5) is 5.69 Å². The monoisotopic (exact) mass is 232 g/mol. The quantitative estimate of drug-likeness (QED) is 0.418. The lowest BCUT2D eigenvalue weighted by atomic mass is 10.1. The van der Waals surface area contributed by atoms with E-state index in [1.54, 1.807) is 7.11 Å². The van der Waals surface area contributed by atoms with Crippen molar-refractivity contribution >= 4 is 23.2 Å². The molecule has 0 heterocycles. The van der Waals surface area contributed by atoms with Gasteiger partial charge in [0.05, 0.1) is 12.8 Å². The summed E-state index contributed by atoms with van der Waals surface area (Å²) < 4.78 is 5.26. The molecule has 0 radical (unpaired) electrons. The van der Waals surface area contributed by atoms with E-state index in [4.69, 9.17) is 10.6 Å². The van der Waals surface area contributed by atoms with Crippen molar-refractivity contribution in [2.75, 3.05) is 12.5 Å². The number of fused-ring (bicyclic) bond motifs is 1. The Kier molecular flexibility index (Phi) is 4.77. The van der Waals surface area contributed by atoms with Crippen molar-refractivity contribution in [1.29, 1.82) is 0 Å². The molecule has 0 unspecified atom stereocenters. The van der Waals surface area contributed by atoms with Gasteiger partial charge in [-0.2, -0.15) is 5.10 Å². The Hall–Kier alpha value is -2.27. The van der Waals surface area contributed by atoms with E-state index in [1.165, 1.54) is 0 Å². The highest BCUT2D eigenvalue weighted by Gasteiger charge is 2.03. The Morgan fingerprint density at radius 3 is 2.29 bits per heavy atom. The van der Waals surface area contributed by atoms with Gasteiger partial charge in [-0.15, -0.1) is 0 Å². The first-order valence-electron chi connectivity index (χ1n) is 4.96. The van der Waals surface area contributed by atoms with Gasteiger partial charge in [0.15, 0.2) is 0 Å². The van der Waals surface area contributed by atoms with Crippen molar-refractivity contribution in [1.82, 2.24) is 0 Å². The number of rotatable bonds is 2. The Morgan fingerprint density at radius 2 is 1.76 bits per heavy atom. The second kappa shape index (κ2) is 6.34.